The third kappa shape index (κ3) is 392. The molecule has 0 aliphatic heterocycles. The molecule has 0 aromatic heterocycles. The molecule has 0 heterocycles. The van der Waals surface area contributed by atoms with Crippen LogP contribution in [-0.4, -0.2) is 60.0 Å². The van der Waals surface area contributed by atoms with Crippen LogP contribution in [-0.2, 0) is 4.79 Å². The van der Waals surface area contributed by atoms with E-state index in [4.69, 9.17) is 15.2 Å². The van der Waals surface area contributed by atoms with E-state index >= 15 is 0 Å². The summed E-state index contributed by atoms with van der Waals surface area (Å²) >= 11 is 0.410. The summed E-state index contributed by atoms with van der Waals surface area (Å²) in [6, 6.07) is 0. The molecule has 0 aromatic rings. The fraction of sp³-hybridized carbons (Fsp3) is 0.333. The van der Waals surface area contributed by atoms with E-state index in [1.54, 1.807) is 0 Å². The number of nitrogens with zero attached hydrogens (tertiary/aromatic N) is 1. The Hall–Kier alpha value is 0.596. The van der Waals surface area contributed by atoms with Crippen molar-refractivity contribution in [1.82, 2.24) is 0 Å². The number of nitriles is 1. The van der Waals surface area contributed by atoms with E-state index in [-0.39, 0.29) is 0 Å². The maximum absolute atomic E-state index is 9.00. The molecular formula is C3H4KNO2. The van der Waals surface area contributed by atoms with E-state index in [1.807, 2.05) is 0.164 Å². The zero-order valence-electron chi connectivity index (χ0n) is 4.30. The zero-order valence-corrected chi connectivity index (χ0v) is 7.43. The Labute approximate surface area is 75.9 Å². The molecule has 0 atom stereocenters. The molecule has 0 spiro atoms. The predicted molar refractivity (Wildman–Crippen MR) is 24.7 cm³/mol. The van der Waals surface area contributed by atoms with Crippen LogP contribution in [0.4, 0.5) is 0 Å². The van der Waals surface area contributed by atoms with Gasteiger partial charge in [0.1, 0.15) is 0 Å². The van der Waals surface area contributed by atoms with Gasteiger partial charge in [0.2, 0.25) is 0 Å². The van der Waals surface area contributed by atoms with Crippen LogP contribution in [0.25, 0.3) is 0 Å². The molecule has 4 heteroatoms. The van der Waals surface area contributed by atoms with E-state index < -0.39 is 5.97 Å². The standard InChI is InChI=1S/C2H4O2.CN.K/c1-2(3)4;1-2;/h1H3,(H,3,4);;. The van der Waals surface area contributed by atoms with Crippen molar-refractivity contribution in [2.45, 2.75) is 6.92 Å². The van der Waals surface area contributed by atoms with Gasteiger partial charge in [-0.05, 0) is 0 Å². The monoisotopic (exact) mass is 125 g/mol. The molecule has 0 saturated heterocycles. The first-order chi connectivity index (χ1) is 3.15. The summed E-state index contributed by atoms with van der Waals surface area (Å²) < 4.78 is 1.94. The molecule has 0 radical (unpaired) electrons. The van der Waals surface area contributed by atoms with Gasteiger partial charge >= 0.3 is 54.4 Å². The van der Waals surface area contributed by atoms with Crippen LogP contribution in [0.15, 0.2) is 0 Å². The van der Waals surface area contributed by atoms with E-state index in [2.05, 4.69) is 0 Å². The van der Waals surface area contributed by atoms with Gasteiger partial charge in [0.05, 0.1) is 0 Å². The van der Waals surface area contributed by atoms with Crippen molar-refractivity contribution in [2.24, 2.45) is 0 Å². The third-order valence-corrected chi connectivity index (χ3v) is 0. The van der Waals surface area contributed by atoms with Gasteiger partial charge in [0.15, 0.2) is 0 Å². The first kappa shape index (κ1) is 10.6. The predicted octanol–water partition coefficient (Wildman–Crippen LogP) is -0.273. The van der Waals surface area contributed by atoms with Crippen molar-refractivity contribution in [3.05, 3.63) is 0 Å². The molecule has 0 unspecified atom stereocenters. The van der Waals surface area contributed by atoms with Crippen LogP contribution in [0.3, 0.4) is 0 Å². The quantitative estimate of drug-likeness (QED) is 0.453. The SMILES string of the molecule is CC(=O)O.N#[C][K]. The van der Waals surface area contributed by atoms with E-state index in [0.29, 0.717) is 49.0 Å². The zero-order chi connectivity index (χ0) is 6.28. The minimum atomic E-state index is -0.833. The number of hydrogen-bond donors (Lipinski definition) is 1. The summed E-state index contributed by atoms with van der Waals surface area (Å²) in [5.41, 5.74) is 0. The summed E-state index contributed by atoms with van der Waals surface area (Å²) in [7, 11) is 0. The Morgan fingerprint density at radius 3 is 2.00 bits per heavy atom. The van der Waals surface area contributed by atoms with Crippen LogP contribution in [0, 0.1) is 5.43 Å². The van der Waals surface area contributed by atoms with Gasteiger partial charge in [-0.15, -0.1) is 0 Å². The number of rotatable bonds is 0. The summed E-state index contributed by atoms with van der Waals surface area (Å²) in [5.74, 6) is -0.833. The van der Waals surface area contributed by atoms with Gasteiger partial charge in [0.25, 0.3) is 5.97 Å². The molecule has 0 aliphatic rings. The van der Waals surface area contributed by atoms with Crippen LogP contribution in [0.2, 0.25) is 0 Å². The first-order valence-corrected chi connectivity index (χ1v) is 3.21. The molecule has 0 bridgehead atoms. The van der Waals surface area contributed by atoms with Crippen molar-refractivity contribution in [3.8, 4) is 0.164 Å². The Morgan fingerprint density at radius 2 is 2.00 bits per heavy atom. The van der Waals surface area contributed by atoms with Gasteiger partial charge in [-0.1, -0.05) is 0 Å². The van der Waals surface area contributed by atoms with Crippen molar-refractivity contribution in [3.63, 3.8) is 0 Å². The summed E-state index contributed by atoms with van der Waals surface area (Å²) in [6.45, 7) is 1.08. The molecule has 7 heavy (non-hydrogen) atoms. The number of aliphatic carboxylic acids is 1. The molecular weight excluding hydrogens is 121 g/mol. The first-order valence-electron chi connectivity index (χ1n) is 1.65. The third-order valence-electron chi connectivity index (χ3n) is 0. The van der Waals surface area contributed by atoms with Crippen LogP contribution < -0.4 is 0 Å². The van der Waals surface area contributed by atoms with E-state index in [1.165, 1.54) is 0 Å². The number of carbonyl (C=O) groups is 1. The van der Waals surface area contributed by atoms with Gasteiger partial charge in [-0.25, -0.2) is 0 Å². The summed E-state index contributed by atoms with van der Waals surface area (Å²) in [4.78, 5) is 9.00. The fourth-order valence-electron chi connectivity index (χ4n) is 0. The molecule has 1 N–H and O–H groups in total. The van der Waals surface area contributed by atoms with Gasteiger partial charge in [-0.3, -0.25) is 4.79 Å². The van der Waals surface area contributed by atoms with Crippen LogP contribution >= 0.6 is 0 Å². The van der Waals surface area contributed by atoms with Crippen molar-refractivity contribution >= 4 is 54.9 Å². The Morgan fingerprint density at radius 1 is 2.00 bits per heavy atom. The Balaban J connectivity index is 0. The maximum atomic E-state index is 9.00. The van der Waals surface area contributed by atoms with Crippen LogP contribution in [0.1, 0.15) is 6.92 Å². The molecule has 0 saturated carbocycles. The average molecular weight is 125 g/mol. The number of carboxylic acid groups (broad SMARTS) is 1. The second kappa shape index (κ2) is 9.78. The molecule has 0 aromatic carbocycles. The molecule has 0 aliphatic carbocycles. The van der Waals surface area contributed by atoms with Crippen molar-refractivity contribution in [2.75, 3.05) is 0 Å². The van der Waals surface area contributed by atoms with Gasteiger partial charge in [0, 0.05) is 6.92 Å². The molecule has 3 nitrogen and oxygen atoms in total. The fourth-order valence-corrected chi connectivity index (χ4v) is 0. The molecule has 0 rings (SSSR count). The topological polar surface area (TPSA) is 61.1 Å². The second-order valence-electron chi connectivity index (χ2n) is 0.743. The van der Waals surface area contributed by atoms with E-state index in [0.717, 1.165) is 6.92 Å². The molecule has 34 valence electrons. The van der Waals surface area contributed by atoms with Gasteiger partial charge < -0.3 is 5.11 Å². The minimum absolute atomic E-state index is 0.410. The van der Waals surface area contributed by atoms with Gasteiger partial charge in [-0.2, -0.15) is 0 Å². The summed E-state index contributed by atoms with van der Waals surface area (Å²) in [6.07, 6.45) is 0. The van der Waals surface area contributed by atoms with E-state index in [9.17, 15) is 0 Å². The average Bonchev–Trinajstić information content (AvgIpc) is 1.33. The normalized spacial score (nSPS) is 4.86. The Bertz CT molecular complexity index is 81.4. The number of hydrogen-bond acceptors (Lipinski definition) is 2. The van der Waals surface area contributed by atoms with Crippen LogP contribution in [0.5, 0.6) is 0 Å². The Kier molecular flexibility index (Phi) is 14.7. The second-order valence-corrected chi connectivity index (χ2v) is 1.44. The number of carboxylic acids is 1. The molecule has 0 amide bonds. The summed E-state index contributed by atoms with van der Waals surface area (Å²) in [5, 5.41) is 14.8. The van der Waals surface area contributed by atoms with Crippen molar-refractivity contribution < 1.29 is 9.90 Å². The molecule has 0 fully saturated rings. The van der Waals surface area contributed by atoms with Crippen molar-refractivity contribution in [1.29, 1.82) is 5.26 Å².